The first-order chi connectivity index (χ1) is 15.3. The van der Waals surface area contributed by atoms with E-state index in [-0.39, 0.29) is 35.5 Å². The number of benzene rings is 1. The first-order valence-corrected chi connectivity index (χ1v) is 10.8. The maximum absolute atomic E-state index is 13.8. The molecule has 3 heterocycles. The fourth-order valence-electron chi connectivity index (χ4n) is 3.25. The monoisotopic (exact) mass is 453 g/mol. The average Bonchev–Trinajstić information content (AvgIpc) is 3.31. The number of rotatable bonds is 6. The summed E-state index contributed by atoms with van der Waals surface area (Å²) in [6.45, 7) is 4.06. The summed E-state index contributed by atoms with van der Waals surface area (Å²) in [6.07, 6.45) is 4.48. The van der Waals surface area contributed by atoms with E-state index in [1.54, 1.807) is 29.1 Å². The summed E-state index contributed by atoms with van der Waals surface area (Å²) >= 11 is 0.746. The van der Waals surface area contributed by atoms with E-state index in [9.17, 15) is 18.8 Å². The largest absolute Gasteiger partial charge is 0.350 e. The topological polar surface area (TPSA) is 97.2 Å². The molecular formula is C22H20FN5O3S. The van der Waals surface area contributed by atoms with Crippen LogP contribution < -0.4 is 5.32 Å². The second-order valence-electron chi connectivity index (χ2n) is 7.43. The van der Waals surface area contributed by atoms with Gasteiger partial charge in [-0.2, -0.15) is 5.10 Å². The number of pyridine rings is 1. The van der Waals surface area contributed by atoms with E-state index < -0.39 is 17.0 Å². The van der Waals surface area contributed by atoms with Crippen LogP contribution in [0.25, 0.3) is 17.1 Å². The minimum atomic E-state index is -0.512. The van der Waals surface area contributed by atoms with Gasteiger partial charge in [0.2, 0.25) is 0 Å². The number of thioether (sulfide) groups is 1. The van der Waals surface area contributed by atoms with Crippen molar-refractivity contribution < 1.29 is 18.8 Å². The molecule has 0 spiro atoms. The molecule has 10 heteroatoms. The smallest absolute Gasteiger partial charge is 0.293 e. The van der Waals surface area contributed by atoms with E-state index in [1.165, 1.54) is 24.4 Å². The van der Waals surface area contributed by atoms with Crippen molar-refractivity contribution in [2.45, 2.75) is 19.9 Å². The van der Waals surface area contributed by atoms with Crippen LogP contribution in [0.1, 0.15) is 35.8 Å². The van der Waals surface area contributed by atoms with Gasteiger partial charge in [-0.05, 0) is 43.8 Å². The number of halogens is 1. The van der Waals surface area contributed by atoms with E-state index in [2.05, 4.69) is 15.4 Å². The van der Waals surface area contributed by atoms with Crippen LogP contribution in [0, 0.1) is 5.82 Å². The molecule has 1 aromatic carbocycles. The molecule has 2 aromatic heterocycles. The van der Waals surface area contributed by atoms with Crippen LogP contribution in [0.2, 0.25) is 0 Å². The summed E-state index contributed by atoms with van der Waals surface area (Å²) in [5, 5.41) is 7.26. The van der Waals surface area contributed by atoms with Gasteiger partial charge >= 0.3 is 0 Å². The maximum atomic E-state index is 13.8. The fourth-order valence-corrected chi connectivity index (χ4v) is 4.11. The van der Waals surface area contributed by atoms with Crippen LogP contribution in [0.15, 0.2) is 47.6 Å². The number of carbonyl (C=O) groups is 3. The Hall–Kier alpha value is -3.53. The van der Waals surface area contributed by atoms with Crippen molar-refractivity contribution in [1.82, 2.24) is 25.0 Å². The van der Waals surface area contributed by atoms with Crippen LogP contribution in [0.4, 0.5) is 9.18 Å². The molecule has 1 aliphatic heterocycles. The maximum Gasteiger partial charge on any atom is 0.293 e. The third-order valence-corrected chi connectivity index (χ3v) is 5.78. The third kappa shape index (κ3) is 4.26. The molecular weight excluding hydrogens is 433 g/mol. The number of hydrogen-bond acceptors (Lipinski definition) is 6. The van der Waals surface area contributed by atoms with Gasteiger partial charge in [0.1, 0.15) is 5.82 Å². The normalized spacial score (nSPS) is 15.4. The Morgan fingerprint density at radius 3 is 2.78 bits per heavy atom. The lowest BCUT2D eigenvalue weighted by Crippen LogP contribution is -2.37. The van der Waals surface area contributed by atoms with Crippen molar-refractivity contribution >= 4 is 45.9 Å². The first-order valence-electron chi connectivity index (χ1n) is 9.96. The van der Waals surface area contributed by atoms with Crippen LogP contribution in [0.3, 0.4) is 0 Å². The minimum Gasteiger partial charge on any atom is -0.350 e. The zero-order valence-corrected chi connectivity index (χ0v) is 18.2. The third-order valence-electron chi connectivity index (χ3n) is 4.87. The number of aromatic nitrogens is 3. The highest BCUT2D eigenvalue weighted by molar-refractivity contribution is 8.18. The quantitative estimate of drug-likeness (QED) is 0.573. The summed E-state index contributed by atoms with van der Waals surface area (Å²) in [7, 11) is 0. The number of imide groups is 1. The zero-order chi connectivity index (χ0) is 22.8. The summed E-state index contributed by atoms with van der Waals surface area (Å²) in [4.78, 5) is 42.8. The lowest BCUT2D eigenvalue weighted by atomic mass is 10.2. The number of nitrogens with zero attached hydrogens (tertiary/aromatic N) is 4. The Morgan fingerprint density at radius 1 is 1.25 bits per heavy atom. The number of hydrogen-bond donors (Lipinski definition) is 1. The Kier molecular flexibility index (Phi) is 6.04. The second kappa shape index (κ2) is 8.91. The number of carbonyl (C=O) groups excluding carboxylic acids is 3. The van der Waals surface area contributed by atoms with Gasteiger partial charge in [-0.25, -0.2) is 14.1 Å². The van der Waals surface area contributed by atoms with Gasteiger partial charge in [-0.1, -0.05) is 18.2 Å². The predicted molar refractivity (Wildman–Crippen MR) is 119 cm³/mol. The molecule has 4 rings (SSSR count). The fraction of sp³-hybridized carbons (Fsp3) is 0.227. The summed E-state index contributed by atoms with van der Waals surface area (Å²) in [5.41, 5.74) is 1.28. The molecule has 0 atom stereocenters. The highest BCUT2D eigenvalue weighted by Crippen LogP contribution is 2.32. The van der Waals surface area contributed by atoms with Gasteiger partial charge < -0.3 is 5.32 Å². The molecule has 32 heavy (non-hydrogen) atoms. The predicted octanol–water partition coefficient (Wildman–Crippen LogP) is 3.62. The van der Waals surface area contributed by atoms with E-state index in [0.29, 0.717) is 11.2 Å². The summed E-state index contributed by atoms with van der Waals surface area (Å²) in [6, 6.07) is 7.84. The number of fused-ring (bicyclic) bond motifs is 1. The summed E-state index contributed by atoms with van der Waals surface area (Å²) in [5.74, 6) is -1.36. The Bertz CT molecular complexity index is 1250. The molecule has 1 saturated heterocycles. The highest BCUT2D eigenvalue weighted by Gasteiger charge is 2.34. The van der Waals surface area contributed by atoms with Crippen LogP contribution in [-0.4, -0.2) is 49.8 Å². The van der Waals surface area contributed by atoms with Crippen molar-refractivity contribution in [1.29, 1.82) is 0 Å². The lowest BCUT2D eigenvalue weighted by molar-refractivity contribution is -0.122. The van der Waals surface area contributed by atoms with Gasteiger partial charge in [0.15, 0.2) is 5.65 Å². The molecule has 3 amide bonds. The first kappa shape index (κ1) is 21.7. The van der Waals surface area contributed by atoms with Crippen molar-refractivity contribution in [3.63, 3.8) is 0 Å². The molecule has 0 unspecified atom stereocenters. The Labute approximate surface area is 187 Å². The highest BCUT2D eigenvalue weighted by atomic mass is 32.2. The molecule has 1 N–H and O–H groups in total. The van der Waals surface area contributed by atoms with Gasteiger partial charge in [0.25, 0.3) is 17.1 Å². The Morgan fingerprint density at radius 2 is 2.03 bits per heavy atom. The SMILES string of the molecule is CC(C)n1ncc2cc(C(=O)NCCN3C(=O)S/C(=C\c4ccccc4F)C3=O)cnc21. The summed E-state index contributed by atoms with van der Waals surface area (Å²) < 4.78 is 15.6. The van der Waals surface area contributed by atoms with Crippen LogP contribution in [-0.2, 0) is 4.79 Å². The Balaban J connectivity index is 1.38. The second-order valence-corrected chi connectivity index (χ2v) is 8.42. The van der Waals surface area contributed by atoms with Gasteiger partial charge in [0.05, 0.1) is 16.7 Å². The van der Waals surface area contributed by atoms with Crippen molar-refractivity contribution in [3.05, 3.63) is 64.6 Å². The van der Waals surface area contributed by atoms with E-state index in [4.69, 9.17) is 0 Å². The van der Waals surface area contributed by atoms with E-state index in [1.807, 2.05) is 13.8 Å². The van der Waals surface area contributed by atoms with E-state index in [0.717, 1.165) is 22.0 Å². The van der Waals surface area contributed by atoms with Crippen molar-refractivity contribution in [3.8, 4) is 0 Å². The van der Waals surface area contributed by atoms with Crippen LogP contribution >= 0.6 is 11.8 Å². The minimum absolute atomic E-state index is 0.00593. The zero-order valence-electron chi connectivity index (χ0n) is 17.4. The van der Waals surface area contributed by atoms with E-state index >= 15 is 0 Å². The van der Waals surface area contributed by atoms with Crippen molar-refractivity contribution in [2.75, 3.05) is 13.1 Å². The van der Waals surface area contributed by atoms with Crippen molar-refractivity contribution in [2.24, 2.45) is 0 Å². The molecule has 3 aromatic rings. The average molecular weight is 453 g/mol. The van der Waals surface area contributed by atoms with Gasteiger partial charge in [-0.3, -0.25) is 19.3 Å². The molecule has 164 valence electrons. The molecule has 8 nitrogen and oxygen atoms in total. The van der Waals surface area contributed by atoms with Gasteiger partial charge in [0, 0.05) is 36.3 Å². The molecule has 0 bridgehead atoms. The molecule has 0 aliphatic carbocycles. The number of nitrogens with one attached hydrogen (secondary N) is 1. The standard InChI is InChI=1S/C22H20FN5O3S/c1-13(2)28-19-15(12-26-28)9-16(11-25-19)20(29)24-7-8-27-21(30)18(32-22(27)31)10-14-5-3-4-6-17(14)23/h3-6,9-13H,7-8H2,1-2H3,(H,24,29)/b18-10-. The molecule has 1 aliphatic rings. The molecule has 0 radical (unpaired) electrons. The molecule has 1 fully saturated rings. The van der Waals surface area contributed by atoms with Crippen LogP contribution in [0.5, 0.6) is 0 Å². The number of amides is 3. The van der Waals surface area contributed by atoms with Gasteiger partial charge in [-0.15, -0.1) is 0 Å². The lowest BCUT2D eigenvalue weighted by Gasteiger charge is -2.13. The molecule has 0 saturated carbocycles.